The molecule has 1 fully saturated rings. The van der Waals surface area contributed by atoms with Crippen molar-refractivity contribution in [2.75, 3.05) is 13.1 Å². The number of imidazole rings is 1. The van der Waals surface area contributed by atoms with Gasteiger partial charge in [0.1, 0.15) is 12.3 Å². The number of carbonyl (C=O) groups is 1. The van der Waals surface area contributed by atoms with Gasteiger partial charge in [0.15, 0.2) is 0 Å². The van der Waals surface area contributed by atoms with E-state index in [1.54, 1.807) is 35.7 Å². The number of aryl methyl sites for hydroxylation is 2. The molecule has 3 aromatic rings. The Morgan fingerprint density at radius 2 is 2.11 bits per heavy atom. The third-order valence-electron chi connectivity index (χ3n) is 5.04. The van der Waals surface area contributed by atoms with Gasteiger partial charge in [-0.15, -0.1) is 0 Å². The van der Waals surface area contributed by atoms with E-state index in [0.29, 0.717) is 12.5 Å². The molecule has 1 saturated heterocycles. The maximum atomic E-state index is 12.5. The molecular weight excluding hydrogens is 344 g/mol. The summed E-state index contributed by atoms with van der Waals surface area (Å²) in [5.74, 6) is 1.24. The smallest absolute Gasteiger partial charge is 0.242 e. The van der Waals surface area contributed by atoms with Gasteiger partial charge in [-0.2, -0.15) is 0 Å². The van der Waals surface area contributed by atoms with Crippen LogP contribution in [-0.2, 0) is 17.8 Å². The fraction of sp³-hybridized carbons (Fsp3) is 0.421. The number of hydrogen-bond acceptors (Lipinski definition) is 6. The Hall–Kier alpha value is -3.03. The van der Waals surface area contributed by atoms with Crippen molar-refractivity contribution in [2.45, 2.75) is 33.2 Å². The lowest BCUT2D eigenvalue weighted by atomic mass is 9.98. The van der Waals surface area contributed by atoms with E-state index in [1.807, 2.05) is 18.7 Å². The number of nitrogens with zero attached hydrogens (tertiary/aromatic N) is 6. The molecule has 0 aromatic carbocycles. The van der Waals surface area contributed by atoms with Gasteiger partial charge < -0.3 is 14.0 Å². The lowest BCUT2D eigenvalue weighted by molar-refractivity contribution is -0.130. The van der Waals surface area contributed by atoms with Gasteiger partial charge in [-0.25, -0.2) is 4.98 Å². The average molecular weight is 366 g/mol. The second-order valence-corrected chi connectivity index (χ2v) is 6.98. The second-order valence-electron chi connectivity index (χ2n) is 6.98. The van der Waals surface area contributed by atoms with Crippen molar-refractivity contribution in [3.8, 4) is 11.3 Å². The summed E-state index contributed by atoms with van der Waals surface area (Å²) in [4.78, 5) is 27.5. The highest BCUT2D eigenvalue weighted by Gasteiger charge is 2.28. The largest absolute Gasteiger partial charge is 0.361 e. The molecule has 0 spiro atoms. The first-order valence-corrected chi connectivity index (χ1v) is 9.08. The molecule has 1 aliphatic heterocycles. The number of aromatic nitrogens is 5. The number of carbonyl (C=O) groups excluding carboxylic acids is 1. The first-order valence-electron chi connectivity index (χ1n) is 9.08. The Labute approximate surface area is 157 Å². The predicted octanol–water partition coefficient (Wildman–Crippen LogP) is 2.04. The number of amides is 1. The van der Waals surface area contributed by atoms with E-state index in [4.69, 9.17) is 4.52 Å². The van der Waals surface area contributed by atoms with Crippen molar-refractivity contribution in [1.29, 1.82) is 0 Å². The molecule has 1 aliphatic rings. The van der Waals surface area contributed by atoms with E-state index in [0.717, 1.165) is 54.3 Å². The molecule has 4 heterocycles. The first kappa shape index (κ1) is 17.4. The van der Waals surface area contributed by atoms with Gasteiger partial charge >= 0.3 is 0 Å². The molecule has 8 nitrogen and oxygen atoms in total. The van der Waals surface area contributed by atoms with Crippen LogP contribution >= 0.6 is 0 Å². The molecule has 8 heteroatoms. The molecule has 0 N–H and O–H groups in total. The maximum absolute atomic E-state index is 12.5. The molecule has 27 heavy (non-hydrogen) atoms. The summed E-state index contributed by atoms with van der Waals surface area (Å²) in [5, 5.41) is 4.03. The maximum Gasteiger partial charge on any atom is 0.242 e. The van der Waals surface area contributed by atoms with Crippen molar-refractivity contribution in [1.82, 2.24) is 29.6 Å². The van der Waals surface area contributed by atoms with Crippen LogP contribution in [0.25, 0.3) is 11.3 Å². The SMILES string of the molecule is Cc1noc(C)c1-c1nccnc1C[C@H]1CCN(C(=O)Cn2ccnc2)C1. The zero-order chi connectivity index (χ0) is 18.8. The summed E-state index contributed by atoms with van der Waals surface area (Å²) in [6, 6.07) is 0. The molecule has 0 radical (unpaired) electrons. The van der Waals surface area contributed by atoms with Crippen LogP contribution in [-0.4, -0.2) is 48.6 Å². The molecular formula is C19H22N6O2. The van der Waals surface area contributed by atoms with Gasteiger partial charge in [0.25, 0.3) is 0 Å². The van der Waals surface area contributed by atoms with Gasteiger partial charge in [0, 0.05) is 37.9 Å². The fourth-order valence-corrected chi connectivity index (χ4v) is 3.68. The monoisotopic (exact) mass is 366 g/mol. The topological polar surface area (TPSA) is 89.9 Å². The highest BCUT2D eigenvalue weighted by molar-refractivity contribution is 5.76. The summed E-state index contributed by atoms with van der Waals surface area (Å²) in [5.41, 5.74) is 3.50. The number of rotatable bonds is 5. The van der Waals surface area contributed by atoms with E-state index >= 15 is 0 Å². The average Bonchev–Trinajstić information content (AvgIpc) is 3.39. The Morgan fingerprint density at radius 1 is 1.26 bits per heavy atom. The lowest BCUT2D eigenvalue weighted by Gasteiger charge is -2.17. The quantitative estimate of drug-likeness (QED) is 0.686. The minimum absolute atomic E-state index is 0.126. The second kappa shape index (κ2) is 7.30. The predicted molar refractivity (Wildman–Crippen MR) is 97.6 cm³/mol. The summed E-state index contributed by atoms with van der Waals surface area (Å²) < 4.78 is 7.09. The van der Waals surface area contributed by atoms with Crippen molar-refractivity contribution in [3.63, 3.8) is 0 Å². The van der Waals surface area contributed by atoms with Crippen LogP contribution in [0.3, 0.4) is 0 Å². The van der Waals surface area contributed by atoms with Crippen molar-refractivity contribution in [2.24, 2.45) is 5.92 Å². The Morgan fingerprint density at radius 3 is 2.85 bits per heavy atom. The van der Waals surface area contributed by atoms with E-state index in [9.17, 15) is 4.79 Å². The van der Waals surface area contributed by atoms with Gasteiger partial charge in [-0.3, -0.25) is 14.8 Å². The fourth-order valence-electron chi connectivity index (χ4n) is 3.68. The molecule has 140 valence electrons. The normalized spacial score (nSPS) is 16.8. The van der Waals surface area contributed by atoms with E-state index < -0.39 is 0 Å². The third kappa shape index (κ3) is 3.60. The molecule has 1 atom stereocenters. The first-order chi connectivity index (χ1) is 13.1. The highest BCUT2D eigenvalue weighted by atomic mass is 16.5. The molecule has 4 rings (SSSR count). The molecule has 0 aliphatic carbocycles. The van der Waals surface area contributed by atoms with Crippen LogP contribution in [0.4, 0.5) is 0 Å². The summed E-state index contributed by atoms with van der Waals surface area (Å²) in [7, 11) is 0. The summed E-state index contributed by atoms with van der Waals surface area (Å²) in [6.45, 7) is 5.66. The molecule has 3 aromatic heterocycles. The van der Waals surface area contributed by atoms with E-state index in [1.165, 1.54) is 0 Å². The van der Waals surface area contributed by atoms with Crippen LogP contribution in [0, 0.1) is 19.8 Å². The standard InChI is InChI=1S/C19H22N6O2/c1-13-18(14(2)27-23-13)19-16(21-4-5-22-19)9-15-3-7-25(10-15)17(26)11-24-8-6-20-12-24/h4-6,8,12,15H,3,7,9-11H2,1-2H3/t15-/m1/s1. The Kier molecular flexibility index (Phi) is 4.70. The third-order valence-corrected chi connectivity index (χ3v) is 5.04. The van der Waals surface area contributed by atoms with Gasteiger partial charge in [-0.1, -0.05) is 5.16 Å². The van der Waals surface area contributed by atoms with E-state index in [2.05, 4.69) is 20.1 Å². The van der Waals surface area contributed by atoms with Crippen LogP contribution in [0.15, 0.2) is 35.6 Å². The molecule has 1 amide bonds. The lowest BCUT2D eigenvalue weighted by Crippen LogP contribution is -2.31. The number of likely N-dealkylation sites (tertiary alicyclic amines) is 1. The van der Waals surface area contributed by atoms with Crippen LogP contribution in [0.2, 0.25) is 0 Å². The van der Waals surface area contributed by atoms with Gasteiger partial charge in [0.05, 0.1) is 29.0 Å². The van der Waals surface area contributed by atoms with E-state index in [-0.39, 0.29) is 5.91 Å². The van der Waals surface area contributed by atoms with Crippen molar-refractivity contribution < 1.29 is 9.32 Å². The minimum atomic E-state index is 0.126. The molecule has 0 unspecified atom stereocenters. The summed E-state index contributed by atoms with van der Waals surface area (Å²) in [6.07, 6.45) is 10.3. The van der Waals surface area contributed by atoms with Crippen LogP contribution < -0.4 is 0 Å². The summed E-state index contributed by atoms with van der Waals surface area (Å²) >= 11 is 0. The zero-order valence-electron chi connectivity index (χ0n) is 15.5. The Balaban J connectivity index is 1.46. The minimum Gasteiger partial charge on any atom is -0.361 e. The van der Waals surface area contributed by atoms with Crippen molar-refractivity contribution in [3.05, 3.63) is 48.3 Å². The number of hydrogen-bond donors (Lipinski definition) is 0. The highest BCUT2D eigenvalue weighted by Crippen LogP contribution is 2.30. The Bertz CT molecular complexity index is 914. The molecule has 0 saturated carbocycles. The van der Waals surface area contributed by atoms with Crippen LogP contribution in [0.1, 0.15) is 23.6 Å². The van der Waals surface area contributed by atoms with Crippen LogP contribution in [0.5, 0.6) is 0 Å². The molecule has 0 bridgehead atoms. The van der Waals surface area contributed by atoms with Gasteiger partial charge in [-0.05, 0) is 32.6 Å². The van der Waals surface area contributed by atoms with Gasteiger partial charge in [0.2, 0.25) is 5.91 Å². The zero-order valence-corrected chi connectivity index (χ0v) is 15.5. The van der Waals surface area contributed by atoms with Crippen molar-refractivity contribution >= 4 is 5.91 Å².